The molecule has 0 saturated heterocycles. The first kappa shape index (κ1) is 37.9. The molecule has 3 aromatic heterocycles. The van der Waals surface area contributed by atoms with Gasteiger partial charge in [0.25, 0.3) is 11.8 Å². The van der Waals surface area contributed by atoms with Crippen LogP contribution in [-0.4, -0.2) is 78.6 Å². The predicted octanol–water partition coefficient (Wildman–Crippen LogP) is 5.95. The van der Waals surface area contributed by atoms with Gasteiger partial charge in [-0.15, -0.1) is 6.58 Å². The maximum atomic E-state index is 13.3. The summed E-state index contributed by atoms with van der Waals surface area (Å²) in [5, 5.41) is 7.63. The van der Waals surface area contributed by atoms with Crippen LogP contribution >= 0.6 is 0 Å². The number of nitrogens with zero attached hydrogens (tertiary/aromatic N) is 6. The number of allylic oxidation sites excluding steroid dienone is 1. The minimum atomic E-state index is -0.591. The molecule has 12 nitrogen and oxygen atoms in total. The molecule has 286 valence electrons. The highest BCUT2D eigenvalue weighted by atomic mass is 16.2. The highest BCUT2D eigenvalue weighted by Gasteiger charge is 2.36. The van der Waals surface area contributed by atoms with Crippen molar-refractivity contribution in [1.82, 2.24) is 40.0 Å². The number of fused-ring (bicyclic) bond motifs is 3. The van der Waals surface area contributed by atoms with Gasteiger partial charge in [-0.2, -0.15) is 0 Å². The van der Waals surface area contributed by atoms with E-state index in [1.807, 2.05) is 66.6 Å². The number of carbonyl (C=O) groups excluding carboxylic acids is 4. The van der Waals surface area contributed by atoms with Crippen molar-refractivity contribution in [2.75, 3.05) is 13.6 Å². The summed E-state index contributed by atoms with van der Waals surface area (Å²) in [6, 6.07) is 16.3. The predicted molar refractivity (Wildman–Crippen MR) is 216 cm³/mol. The summed E-state index contributed by atoms with van der Waals surface area (Å²) in [4.78, 5) is 69.3. The van der Waals surface area contributed by atoms with Gasteiger partial charge in [-0.3, -0.25) is 29.1 Å². The van der Waals surface area contributed by atoms with E-state index in [0.717, 1.165) is 68.9 Å². The van der Waals surface area contributed by atoms with Crippen molar-refractivity contribution in [3.63, 3.8) is 0 Å². The van der Waals surface area contributed by atoms with Gasteiger partial charge in [0.15, 0.2) is 0 Å². The van der Waals surface area contributed by atoms with Crippen LogP contribution in [0.4, 0.5) is 0 Å². The smallest absolute Gasteiger partial charge is 0.270 e. The molecule has 7 rings (SSSR count). The SMILES string of the molecule is C=CCCC(C(=O)NC)N1Cc2c(/C=C/C(C)NC(=O)c3ccc(-c4cc5cccc(-c6nc(CC)n7c6CN(C(C)=O)CC7)c5cn4)cn3)cccc2C1=O. The summed E-state index contributed by atoms with van der Waals surface area (Å²) < 4.78 is 2.25. The van der Waals surface area contributed by atoms with E-state index in [0.29, 0.717) is 38.0 Å². The minimum absolute atomic E-state index is 0.0574. The van der Waals surface area contributed by atoms with E-state index < -0.39 is 6.04 Å². The molecule has 5 aromatic rings. The maximum Gasteiger partial charge on any atom is 0.270 e. The Bertz CT molecular complexity index is 2380. The van der Waals surface area contributed by atoms with Gasteiger partial charge < -0.3 is 25.0 Å². The fraction of sp³-hybridized carbons (Fsp3) is 0.295. The second kappa shape index (κ2) is 16.1. The summed E-state index contributed by atoms with van der Waals surface area (Å²) in [6.45, 7) is 11.6. The fourth-order valence-electron chi connectivity index (χ4n) is 7.65. The van der Waals surface area contributed by atoms with Crippen molar-refractivity contribution < 1.29 is 19.2 Å². The summed E-state index contributed by atoms with van der Waals surface area (Å²) in [5.41, 5.74) is 6.95. The van der Waals surface area contributed by atoms with Crippen molar-refractivity contribution in [2.24, 2.45) is 0 Å². The van der Waals surface area contributed by atoms with Gasteiger partial charge in [0.2, 0.25) is 11.8 Å². The average molecular weight is 751 g/mol. The topological polar surface area (TPSA) is 142 Å². The third-order valence-electron chi connectivity index (χ3n) is 10.7. The van der Waals surface area contributed by atoms with Gasteiger partial charge in [0.05, 0.1) is 23.6 Å². The van der Waals surface area contributed by atoms with E-state index in [9.17, 15) is 19.2 Å². The first-order valence-electron chi connectivity index (χ1n) is 19.1. The zero-order valence-electron chi connectivity index (χ0n) is 32.2. The summed E-state index contributed by atoms with van der Waals surface area (Å²) >= 11 is 0. The number of rotatable bonds is 12. The van der Waals surface area contributed by atoms with Gasteiger partial charge in [-0.1, -0.05) is 55.5 Å². The van der Waals surface area contributed by atoms with E-state index in [4.69, 9.17) is 9.97 Å². The Morgan fingerprint density at radius 1 is 1.00 bits per heavy atom. The number of pyridine rings is 2. The number of imidazole rings is 1. The molecule has 0 fully saturated rings. The van der Waals surface area contributed by atoms with Gasteiger partial charge in [0, 0.05) is 80.5 Å². The Labute approximate surface area is 326 Å². The lowest BCUT2D eigenvalue weighted by Crippen LogP contribution is -2.46. The Balaban J connectivity index is 1.04. The highest BCUT2D eigenvalue weighted by molar-refractivity contribution is 6.02. The highest BCUT2D eigenvalue weighted by Crippen LogP contribution is 2.35. The second-order valence-electron chi connectivity index (χ2n) is 14.2. The van der Waals surface area contributed by atoms with Crippen molar-refractivity contribution in [2.45, 2.75) is 71.8 Å². The van der Waals surface area contributed by atoms with Crippen LogP contribution in [0, 0.1) is 0 Å². The molecule has 2 N–H and O–H groups in total. The van der Waals surface area contributed by atoms with Crippen LogP contribution in [0.25, 0.3) is 39.4 Å². The molecule has 0 bridgehead atoms. The maximum absolute atomic E-state index is 13.3. The molecule has 2 atom stereocenters. The van der Waals surface area contributed by atoms with E-state index in [1.165, 1.54) is 0 Å². The van der Waals surface area contributed by atoms with Crippen molar-refractivity contribution >= 4 is 40.5 Å². The lowest BCUT2D eigenvalue weighted by Gasteiger charge is -2.28. The first-order valence-corrected chi connectivity index (χ1v) is 19.1. The zero-order chi connectivity index (χ0) is 39.5. The first-order chi connectivity index (χ1) is 27.1. The van der Waals surface area contributed by atoms with E-state index >= 15 is 0 Å². The lowest BCUT2D eigenvalue weighted by molar-refractivity contribution is -0.130. The van der Waals surface area contributed by atoms with Gasteiger partial charge in [-0.05, 0) is 60.5 Å². The Kier molecular flexibility index (Phi) is 10.9. The van der Waals surface area contributed by atoms with Crippen LogP contribution in [0.3, 0.4) is 0 Å². The Morgan fingerprint density at radius 3 is 2.54 bits per heavy atom. The molecule has 5 heterocycles. The zero-order valence-corrected chi connectivity index (χ0v) is 32.2. The van der Waals surface area contributed by atoms with E-state index in [-0.39, 0.29) is 35.4 Å². The largest absolute Gasteiger partial charge is 0.357 e. The van der Waals surface area contributed by atoms with Gasteiger partial charge in [-0.25, -0.2) is 4.98 Å². The minimum Gasteiger partial charge on any atom is -0.357 e. The number of hydrogen-bond acceptors (Lipinski definition) is 7. The van der Waals surface area contributed by atoms with Gasteiger partial charge >= 0.3 is 0 Å². The van der Waals surface area contributed by atoms with E-state index in [1.54, 1.807) is 43.3 Å². The number of aromatic nitrogens is 4. The quantitative estimate of drug-likeness (QED) is 0.150. The van der Waals surface area contributed by atoms with E-state index in [2.05, 4.69) is 39.8 Å². The number of hydrogen-bond donors (Lipinski definition) is 2. The standard InChI is InChI=1S/C44H46N8O4/c1-6-8-15-38(43(55)45-5)52-25-35-29(11-9-14-33(35)44(52)56)17-16-27(3)48-42(54)36-19-18-31(23-46-36)37-22-30-12-10-13-32(34(30)24-47-37)41-39-26-50(28(4)53)20-21-51(39)40(7-2)49-41/h6,9-14,16-19,22-24,27,38H,1,7-8,15,20-21,25-26H2,2-5H3,(H,45,55)(H,48,54)/b17-16+. The van der Waals surface area contributed by atoms with Crippen molar-refractivity contribution in [1.29, 1.82) is 0 Å². The molecular formula is C44H46N8O4. The molecule has 4 amide bonds. The van der Waals surface area contributed by atoms with Crippen LogP contribution in [-0.2, 0) is 35.6 Å². The number of amides is 4. The lowest BCUT2D eigenvalue weighted by atomic mass is 10.0. The second-order valence-corrected chi connectivity index (χ2v) is 14.2. The Hall–Kier alpha value is -6.43. The summed E-state index contributed by atoms with van der Waals surface area (Å²) in [7, 11) is 1.57. The normalized spacial score (nSPS) is 14.8. The number of benzene rings is 2. The molecule has 12 heteroatoms. The molecule has 2 aliphatic heterocycles. The molecule has 0 aliphatic carbocycles. The third kappa shape index (κ3) is 7.34. The number of likely N-dealkylation sites (N-methyl/N-ethyl adjacent to an activating group) is 1. The van der Waals surface area contributed by atoms with Crippen LogP contribution in [0.1, 0.15) is 77.1 Å². The van der Waals surface area contributed by atoms with Crippen LogP contribution in [0.5, 0.6) is 0 Å². The van der Waals surface area contributed by atoms with Crippen molar-refractivity contribution in [3.8, 4) is 22.5 Å². The molecule has 0 radical (unpaired) electrons. The summed E-state index contributed by atoms with van der Waals surface area (Å²) in [5.74, 6) is 0.372. The summed E-state index contributed by atoms with van der Waals surface area (Å²) in [6.07, 6.45) is 10.9. The number of nitrogens with one attached hydrogen (secondary N) is 2. The van der Waals surface area contributed by atoms with Crippen molar-refractivity contribution in [3.05, 3.63) is 120 Å². The molecule has 2 aliphatic rings. The average Bonchev–Trinajstić information content (AvgIpc) is 3.76. The monoisotopic (exact) mass is 750 g/mol. The number of carbonyl (C=O) groups is 4. The molecule has 2 unspecified atom stereocenters. The molecule has 2 aromatic carbocycles. The molecular weight excluding hydrogens is 705 g/mol. The van der Waals surface area contributed by atoms with Crippen LogP contribution in [0.15, 0.2) is 85.7 Å². The molecule has 0 saturated carbocycles. The fourth-order valence-corrected chi connectivity index (χ4v) is 7.65. The van der Waals surface area contributed by atoms with Gasteiger partial charge in [0.1, 0.15) is 17.6 Å². The molecule has 56 heavy (non-hydrogen) atoms. The number of aryl methyl sites for hydroxylation is 1. The molecule has 0 spiro atoms. The Morgan fingerprint density at radius 2 is 1.80 bits per heavy atom. The van der Waals surface area contributed by atoms with Crippen LogP contribution < -0.4 is 10.6 Å². The third-order valence-corrected chi connectivity index (χ3v) is 10.7. The van der Waals surface area contributed by atoms with Crippen LogP contribution in [0.2, 0.25) is 0 Å².